The van der Waals surface area contributed by atoms with E-state index in [9.17, 15) is 14.0 Å². The minimum Gasteiger partial charge on any atom is -0.320 e. The van der Waals surface area contributed by atoms with Gasteiger partial charge in [-0.15, -0.1) is 0 Å². The van der Waals surface area contributed by atoms with E-state index in [2.05, 4.69) is 4.98 Å². The summed E-state index contributed by atoms with van der Waals surface area (Å²) in [5.41, 5.74) is 0.832. The first-order valence-corrected chi connectivity index (χ1v) is 10.9. The Labute approximate surface area is 193 Å². The smallest absolute Gasteiger partial charge is 0.320 e. The van der Waals surface area contributed by atoms with E-state index in [0.717, 1.165) is 5.56 Å². The number of hydrogen-bond donors (Lipinski definition) is 0. The van der Waals surface area contributed by atoms with Gasteiger partial charge < -0.3 is 4.57 Å². The van der Waals surface area contributed by atoms with E-state index >= 15 is 0 Å². The first-order valence-electron chi connectivity index (χ1n) is 10.2. The van der Waals surface area contributed by atoms with Gasteiger partial charge in [0.15, 0.2) is 11.2 Å². The lowest BCUT2D eigenvalue weighted by atomic mass is 10.1. The Bertz CT molecular complexity index is 1400. The SMILES string of the molecule is CC(C)CCn1c(=O)c2c(ncn2Cc2ccc(Cl)c(Cl)c2)n(-c2ccc(F)cc2)c1=O. The molecule has 0 unspecified atom stereocenters. The van der Waals surface area contributed by atoms with E-state index < -0.39 is 17.1 Å². The van der Waals surface area contributed by atoms with Crippen molar-refractivity contribution in [1.82, 2.24) is 18.7 Å². The van der Waals surface area contributed by atoms with Gasteiger partial charge in [-0.1, -0.05) is 43.1 Å². The minimum atomic E-state index is -0.505. The molecule has 2 aromatic carbocycles. The molecule has 0 spiro atoms. The number of aromatic nitrogens is 4. The highest BCUT2D eigenvalue weighted by molar-refractivity contribution is 6.42. The summed E-state index contributed by atoms with van der Waals surface area (Å²) in [4.78, 5) is 31.0. The number of hydrogen-bond acceptors (Lipinski definition) is 3. The van der Waals surface area contributed by atoms with Gasteiger partial charge in [-0.3, -0.25) is 9.36 Å². The van der Waals surface area contributed by atoms with Crippen molar-refractivity contribution in [2.75, 3.05) is 0 Å². The lowest BCUT2D eigenvalue weighted by Gasteiger charge is -2.14. The van der Waals surface area contributed by atoms with Crippen LogP contribution in [0.25, 0.3) is 16.9 Å². The molecule has 166 valence electrons. The maximum absolute atomic E-state index is 13.5. The van der Waals surface area contributed by atoms with Gasteiger partial charge in [0.05, 0.1) is 22.1 Å². The normalized spacial score (nSPS) is 11.6. The predicted molar refractivity (Wildman–Crippen MR) is 125 cm³/mol. The van der Waals surface area contributed by atoms with Gasteiger partial charge in [-0.05, 0) is 54.3 Å². The second-order valence-electron chi connectivity index (χ2n) is 8.03. The maximum atomic E-state index is 13.5. The van der Waals surface area contributed by atoms with Gasteiger partial charge in [0.25, 0.3) is 5.56 Å². The van der Waals surface area contributed by atoms with Crippen LogP contribution in [0.3, 0.4) is 0 Å². The standard InChI is InChI=1S/C23H21Cl2FN4O2/c1-14(2)9-10-29-22(31)20-21(30(23(29)32)17-6-4-16(26)5-7-17)27-13-28(20)12-15-3-8-18(24)19(25)11-15/h3-8,11,13-14H,9-10,12H2,1-2H3. The molecule has 0 atom stereocenters. The van der Waals surface area contributed by atoms with Gasteiger partial charge in [0.1, 0.15) is 5.82 Å². The van der Waals surface area contributed by atoms with Crippen molar-refractivity contribution in [3.05, 3.63) is 91.1 Å². The third kappa shape index (κ3) is 4.23. The van der Waals surface area contributed by atoms with Crippen LogP contribution in [0, 0.1) is 11.7 Å². The first kappa shape index (κ1) is 22.3. The quantitative estimate of drug-likeness (QED) is 0.399. The second-order valence-corrected chi connectivity index (χ2v) is 8.84. The van der Waals surface area contributed by atoms with E-state index in [4.69, 9.17) is 23.2 Å². The minimum absolute atomic E-state index is 0.215. The number of rotatable bonds is 6. The van der Waals surface area contributed by atoms with Crippen LogP contribution in [0.2, 0.25) is 10.0 Å². The monoisotopic (exact) mass is 474 g/mol. The van der Waals surface area contributed by atoms with E-state index in [-0.39, 0.29) is 17.7 Å². The highest BCUT2D eigenvalue weighted by Gasteiger charge is 2.19. The summed E-state index contributed by atoms with van der Waals surface area (Å²) in [6.45, 7) is 4.63. The summed E-state index contributed by atoms with van der Waals surface area (Å²) in [5.74, 6) is -0.117. The topological polar surface area (TPSA) is 61.8 Å². The molecule has 2 heterocycles. The fraction of sp³-hybridized carbons (Fsp3) is 0.261. The summed E-state index contributed by atoms with van der Waals surface area (Å²) in [6, 6.07) is 10.7. The van der Waals surface area contributed by atoms with Crippen LogP contribution in [-0.2, 0) is 13.1 Å². The van der Waals surface area contributed by atoms with Crippen LogP contribution < -0.4 is 11.2 Å². The Morgan fingerprint density at radius 1 is 1.03 bits per heavy atom. The van der Waals surface area contributed by atoms with Crippen LogP contribution >= 0.6 is 23.2 Å². The molecule has 0 fully saturated rings. The molecule has 0 aliphatic carbocycles. The predicted octanol–water partition coefficient (Wildman–Crippen LogP) is 4.89. The van der Waals surface area contributed by atoms with Gasteiger partial charge in [-0.25, -0.2) is 18.7 Å². The zero-order chi connectivity index (χ0) is 23.0. The summed E-state index contributed by atoms with van der Waals surface area (Å²) in [7, 11) is 0. The lowest BCUT2D eigenvalue weighted by molar-refractivity contribution is 0.491. The molecule has 0 saturated heterocycles. The third-order valence-corrected chi connectivity index (χ3v) is 5.99. The second kappa shape index (κ2) is 8.92. The van der Waals surface area contributed by atoms with E-state index in [1.807, 2.05) is 19.9 Å². The van der Waals surface area contributed by atoms with Crippen molar-refractivity contribution < 1.29 is 4.39 Å². The number of halogens is 3. The molecular formula is C23H21Cl2FN4O2. The average molecular weight is 475 g/mol. The molecule has 4 rings (SSSR count). The molecule has 6 nitrogen and oxygen atoms in total. The van der Waals surface area contributed by atoms with Crippen LogP contribution in [0.1, 0.15) is 25.8 Å². The van der Waals surface area contributed by atoms with Crippen molar-refractivity contribution in [3.8, 4) is 5.69 Å². The maximum Gasteiger partial charge on any atom is 0.337 e. The van der Waals surface area contributed by atoms with Crippen molar-refractivity contribution in [2.45, 2.75) is 33.4 Å². The Morgan fingerprint density at radius 2 is 1.75 bits per heavy atom. The summed E-state index contributed by atoms with van der Waals surface area (Å²) >= 11 is 12.2. The summed E-state index contributed by atoms with van der Waals surface area (Å²) in [6.07, 6.45) is 2.17. The molecule has 0 aliphatic rings. The molecular weight excluding hydrogens is 454 g/mol. The van der Waals surface area contributed by atoms with Crippen LogP contribution in [0.4, 0.5) is 4.39 Å². The van der Waals surface area contributed by atoms with Crippen molar-refractivity contribution in [2.24, 2.45) is 5.92 Å². The molecule has 0 amide bonds. The summed E-state index contributed by atoms with van der Waals surface area (Å²) in [5, 5.41) is 0.846. The number of nitrogens with zero attached hydrogens (tertiary/aromatic N) is 4. The number of benzene rings is 2. The average Bonchev–Trinajstić information content (AvgIpc) is 3.15. The largest absolute Gasteiger partial charge is 0.337 e. The summed E-state index contributed by atoms with van der Waals surface area (Å²) < 4.78 is 17.7. The van der Waals surface area contributed by atoms with E-state index in [1.165, 1.54) is 39.7 Å². The van der Waals surface area contributed by atoms with Crippen molar-refractivity contribution in [1.29, 1.82) is 0 Å². The van der Waals surface area contributed by atoms with Gasteiger partial charge >= 0.3 is 5.69 Å². The van der Waals surface area contributed by atoms with Gasteiger partial charge in [-0.2, -0.15) is 0 Å². The molecule has 0 radical (unpaired) electrons. The zero-order valence-corrected chi connectivity index (χ0v) is 19.1. The molecule has 9 heteroatoms. The van der Waals surface area contributed by atoms with E-state index in [0.29, 0.717) is 34.6 Å². The van der Waals surface area contributed by atoms with Crippen LogP contribution in [0.15, 0.2) is 58.4 Å². The number of fused-ring (bicyclic) bond motifs is 1. The van der Waals surface area contributed by atoms with Crippen LogP contribution in [0.5, 0.6) is 0 Å². The molecule has 2 aromatic heterocycles. The fourth-order valence-electron chi connectivity index (χ4n) is 3.54. The molecule has 0 N–H and O–H groups in total. The highest BCUT2D eigenvalue weighted by atomic mass is 35.5. The Balaban J connectivity index is 1.94. The first-order chi connectivity index (χ1) is 15.3. The molecule has 4 aromatic rings. The van der Waals surface area contributed by atoms with Gasteiger partial charge in [0, 0.05) is 13.1 Å². The van der Waals surface area contributed by atoms with Gasteiger partial charge in [0.2, 0.25) is 0 Å². The number of imidazole rings is 1. The molecule has 0 bridgehead atoms. The lowest BCUT2D eigenvalue weighted by Crippen LogP contribution is -2.40. The van der Waals surface area contributed by atoms with E-state index in [1.54, 1.807) is 16.7 Å². The van der Waals surface area contributed by atoms with Crippen molar-refractivity contribution in [3.63, 3.8) is 0 Å². The van der Waals surface area contributed by atoms with Crippen molar-refractivity contribution >= 4 is 34.4 Å². The third-order valence-electron chi connectivity index (χ3n) is 5.25. The Hall–Kier alpha value is -2.90. The molecule has 0 aliphatic heterocycles. The fourth-order valence-corrected chi connectivity index (χ4v) is 3.86. The van der Waals surface area contributed by atoms with Crippen LogP contribution in [-0.4, -0.2) is 18.7 Å². The highest BCUT2D eigenvalue weighted by Crippen LogP contribution is 2.23. The zero-order valence-electron chi connectivity index (χ0n) is 17.6. The molecule has 32 heavy (non-hydrogen) atoms. The Kier molecular flexibility index (Phi) is 6.22. The Morgan fingerprint density at radius 3 is 2.41 bits per heavy atom. The molecule has 0 saturated carbocycles.